The van der Waals surface area contributed by atoms with Crippen molar-refractivity contribution in [3.05, 3.63) is 82.9 Å². The van der Waals surface area contributed by atoms with Crippen LogP contribution in [-0.2, 0) is 16.0 Å². The van der Waals surface area contributed by atoms with Crippen LogP contribution in [0.25, 0.3) is 17.5 Å². The van der Waals surface area contributed by atoms with Crippen LogP contribution in [0.4, 0.5) is 0 Å². The minimum absolute atomic E-state index is 0.00824. The second-order valence-electron chi connectivity index (χ2n) is 6.79. The Labute approximate surface area is 178 Å². The first kappa shape index (κ1) is 19.7. The third kappa shape index (κ3) is 4.36. The zero-order chi connectivity index (χ0) is 21.1. The van der Waals surface area contributed by atoms with Gasteiger partial charge in [-0.25, -0.2) is 4.98 Å². The summed E-state index contributed by atoms with van der Waals surface area (Å²) in [6.07, 6.45) is 2.40. The van der Waals surface area contributed by atoms with Crippen LogP contribution in [0, 0.1) is 6.92 Å². The lowest BCUT2D eigenvalue weighted by Crippen LogP contribution is -2.18. The van der Waals surface area contributed by atoms with E-state index < -0.39 is 0 Å². The van der Waals surface area contributed by atoms with Crippen molar-refractivity contribution in [2.45, 2.75) is 19.8 Å². The fraction of sp³-hybridized carbons (Fsp3) is 0.130. The van der Waals surface area contributed by atoms with Crippen molar-refractivity contribution in [2.24, 2.45) is 0 Å². The highest BCUT2D eigenvalue weighted by atomic mass is 32.1. The summed E-state index contributed by atoms with van der Waals surface area (Å²) in [5.41, 5.74) is 3.02. The average molecular weight is 418 g/mol. The minimum Gasteiger partial charge on any atom is -0.441 e. The van der Waals surface area contributed by atoms with E-state index in [4.69, 9.17) is 21.4 Å². The molecule has 3 aromatic rings. The molecule has 6 nitrogen and oxygen atoms in total. The summed E-state index contributed by atoms with van der Waals surface area (Å²) in [7, 11) is 0. The van der Waals surface area contributed by atoms with E-state index in [0.717, 1.165) is 22.6 Å². The molecule has 2 heterocycles. The molecule has 0 radical (unpaired) electrons. The number of benzene rings is 2. The molecule has 0 bridgehead atoms. The summed E-state index contributed by atoms with van der Waals surface area (Å²) in [6, 6.07) is 16.6. The molecular formula is C23H18N2O4S. The SMILES string of the molecule is Cc1oc(-c2ccccc2)nc1CCC(=O)c1ccc(C=C2OC(=S)NC2=O)cc1. The van der Waals surface area contributed by atoms with Gasteiger partial charge in [-0.3, -0.25) is 14.9 Å². The summed E-state index contributed by atoms with van der Waals surface area (Å²) in [5, 5.41) is 2.44. The summed E-state index contributed by atoms with van der Waals surface area (Å²) in [6.45, 7) is 1.86. The Morgan fingerprint density at radius 2 is 1.87 bits per heavy atom. The van der Waals surface area contributed by atoms with Gasteiger partial charge in [-0.05, 0) is 42.9 Å². The number of carbonyl (C=O) groups is 2. The summed E-state index contributed by atoms with van der Waals surface area (Å²) in [5.74, 6) is 1.05. The van der Waals surface area contributed by atoms with Crippen molar-refractivity contribution >= 4 is 35.2 Å². The summed E-state index contributed by atoms with van der Waals surface area (Å²) >= 11 is 4.80. The van der Waals surface area contributed by atoms with Gasteiger partial charge in [0.2, 0.25) is 5.89 Å². The maximum absolute atomic E-state index is 12.6. The van der Waals surface area contributed by atoms with Crippen molar-refractivity contribution in [1.82, 2.24) is 10.3 Å². The molecule has 1 fully saturated rings. The Morgan fingerprint density at radius 1 is 1.13 bits per heavy atom. The molecule has 4 rings (SSSR count). The highest BCUT2D eigenvalue weighted by Crippen LogP contribution is 2.22. The first-order chi connectivity index (χ1) is 14.5. The zero-order valence-electron chi connectivity index (χ0n) is 16.2. The number of carbonyl (C=O) groups excluding carboxylic acids is 2. The average Bonchev–Trinajstić information content (AvgIpc) is 3.28. The summed E-state index contributed by atoms with van der Waals surface area (Å²) < 4.78 is 10.9. The number of rotatable bonds is 6. The van der Waals surface area contributed by atoms with E-state index in [1.54, 1.807) is 30.3 Å². The number of nitrogens with zero attached hydrogens (tertiary/aromatic N) is 1. The molecule has 1 aliphatic heterocycles. The van der Waals surface area contributed by atoms with E-state index in [2.05, 4.69) is 10.3 Å². The number of ketones is 1. The molecule has 150 valence electrons. The quantitative estimate of drug-likeness (QED) is 0.366. The Balaban J connectivity index is 1.40. The Hall–Kier alpha value is -3.58. The first-order valence-corrected chi connectivity index (χ1v) is 9.80. The Morgan fingerprint density at radius 3 is 2.53 bits per heavy atom. The number of hydrogen-bond donors (Lipinski definition) is 1. The molecule has 0 unspecified atom stereocenters. The molecule has 0 spiro atoms. The van der Waals surface area contributed by atoms with Gasteiger partial charge in [0.15, 0.2) is 11.5 Å². The highest BCUT2D eigenvalue weighted by Gasteiger charge is 2.23. The standard InChI is InChI=1S/C23H18N2O4S/c1-14-18(24-22(28-14)17-5-3-2-4-6-17)11-12-19(26)16-9-7-15(8-10-16)13-20-21(27)25-23(30)29-20/h2-10,13H,11-12H2,1H3,(H,25,27,30). The Bertz CT molecular complexity index is 1150. The number of aryl methyl sites for hydroxylation is 2. The third-order valence-corrected chi connectivity index (χ3v) is 4.86. The maximum Gasteiger partial charge on any atom is 0.294 e. The highest BCUT2D eigenvalue weighted by molar-refractivity contribution is 7.80. The fourth-order valence-electron chi connectivity index (χ4n) is 3.08. The monoisotopic (exact) mass is 418 g/mol. The number of amides is 1. The molecule has 1 aromatic heterocycles. The van der Waals surface area contributed by atoms with Gasteiger partial charge >= 0.3 is 0 Å². The molecular weight excluding hydrogens is 400 g/mol. The van der Waals surface area contributed by atoms with Crippen LogP contribution in [0.2, 0.25) is 0 Å². The van der Waals surface area contributed by atoms with Crippen molar-refractivity contribution in [3.8, 4) is 11.5 Å². The number of aromatic nitrogens is 1. The van der Waals surface area contributed by atoms with Crippen molar-refractivity contribution in [2.75, 3.05) is 0 Å². The molecule has 2 aromatic carbocycles. The molecule has 0 atom stereocenters. The van der Waals surface area contributed by atoms with Crippen LogP contribution < -0.4 is 5.32 Å². The molecule has 30 heavy (non-hydrogen) atoms. The van der Waals surface area contributed by atoms with Gasteiger partial charge in [0.1, 0.15) is 5.76 Å². The predicted octanol–water partition coefficient (Wildman–Crippen LogP) is 4.24. The van der Waals surface area contributed by atoms with Gasteiger partial charge in [0, 0.05) is 24.0 Å². The van der Waals surface area contributed by atoms with E-state index in [9.17, 15) is 9.59 Å². The molecule has 0 aliphatic carbocycles. The smallest absolute Gasteiger partial charge is 0.294 e. The van der Waals surface area contributed by atoms with Crippen molar-refractivity contribution in [3.63, 3.8) is 0 Å². The number of hydrogen-bond acceptors (Lipinski definition) is 6. The molecule has 1 saturated heterocycles. The normalized spacial score (nSPS) is 14.6. The van der Waals surface area contributed by atoms with Crippen LogP contribution in [0.1, 0.15) is 33.8 Å². The lowest BCUT2D eigenvalue weighted by molar-refractivity contribution is -0.116. The number of thiocarbonyl (C=S) groups is 1. The number of Topliss-reactive ketones (excluding diaryl/α,β-unsaturated/α-hetero) is 1. The van der Waals surface area contributed by atoms with Crippen LogP contribution in [-0.4, -0.2) is 21.8 Å². The van der Waals surface area contributed by atoms with Gasteiger partial charge in [-0.2, -0.15) is 0 Å². The maximum atomic E-state index is 12.6. The summed E-state index contributed by atoms with van der Waals surface area (Å²) in [4.78, 5) is 28.8. The molecule has 1 N–H and O–H groups in total. The fourth-order valence-corrected chi connectivity index (χ4v) is 3.26. The lowest BCUT2D eigenvalue weighted by atomic mass is 10.0. The largest absolute Gasteiger partial charge is 0.441 e. The number of oxazole rings is 1. The molecule has 7 heteroatoms. The zero-order valence-corrected chi connectivity index (χ0v) is 17.0. The van der Waals surface area contributed by atoms with Crippen LogP contribution in [0.3, 0.4) is 0 Å². The molecule has 1 aliphatic rings. The molecule has 1 amide bonds. The van der Waals surface area contributed by atoms with Gasteiger partial charge < -0.3 is 9.15 Å². The van der Waals surface area contributed by atoms with Gasteiger partial charge in [-0.1, -0.05) is 42.5 Å². The first-order valence-electron chi connectivity index (χ1n) is 9.39. The predicted molar refractivity (Wildman–Crippen MR) is 116 cm³/mol. The lowest BCUT2D eigenvalue weighted by Gasteiger charge is -2.02. The number of ether oxygens (including phenoxy) is 1. The second-order valence-corrected chi connectivity index (χ2v) is 7.16. The van der Waals surface area contributed by atoms with Crippen molar-refractivity contribution in [1.29, 1.82) is 0 Å². The van der Waals surface area contributed by atoms with Crippen LogP contribution in [0.15, 0.2) is 64.8 Å². The van der Waals surface area contributed by atoms with Gasteiger partial charge in [0.25, 0.3) is 11.1 Å². The van der Waals surface area contributed by atoms with Crippen LogP contribution in [0.5, 0.6) is 0 Å². The van der Waals surface area contributed by atoms with E-state index in [-0.39, 0.29) is 22.6 Å². The van der Waals surface area contributed by atoms with E-state index in [1.165, 1.54) is 0 Å². The van der Waals surface area contributed by atoms with E-state index in [1.807, 2.05) is 37.3 Å². The molecule has 0 saturated carbocycles. The topological polar surface area (TPSA) is 81.4 Å². The van der Waals surface area contributed by atoms with Gasteiger partial charge in [-0.15, -0.1) is 0 Å². The third-order valence-electron chi connectivity index (χ3n) is 4.67. The Kier molecular flexibility index (Phi) is 5.54. The second kappa shape index (κ2) is 8.42. The van der Waals surface area contributed by atoms with Gasteiger partial charge in [0.05, 0.1) is 5.69 Å². The minimum atomic E-state index is -0.377. The van der Waals surface area contributed by atoms with E-state index in [0.29, 0.717) is 24.3 Å². The van der Waals surface area contributed by atoms with Crippen molar-refractivity contribution < 1.29 is 18.7 Å². The number of nitrogens with one attached hydrogen (secondary N) is 1. The van der Waals surface area contributed by atoms with E-state index >= 15 is 0 Å². The van der Waals surface area contributed by atoms with Crippen LogP contribution >= 0.6 is 12.2 Å².